The van der Waals surface area contributed by atoms with Gasteiger partial charge in [-0.25, -0.2) is 4.39 Å². The van der Waals surface area contributed by atoms with Crippen LogP contribution in [0.25, 0.3) is 33.2 Å². The molecule has 0 saturated heterocycles. The first kappa shape index (κ1) is 29.3. The van der Waals surface area contributed by atoms with Gasteiger partial charge >= 0.3 is 5.97 Å². The Balaban J connectivity index is 1.43. The summed E-state index contributed by atoms with van der Waals surface area (Å²) in [6, 6.07) is 20.5. The molecule has 0 spiro atoms. The number of hydrogen-bond acceptors (Lipinski definition) is 6. The zero-order valence-electron chi connectivity index (χ0n) is 25.4. The van der Waals surface area contributed by atoms with Crippen LogP contribution in [0.5, 0.6) is 11.5 Å². The summed E-state index contributed by atoms with van der Waals surface area (Å²) in [5.74, 6) is 1.01. The van der Waals surface area contributed by atoms with Crippen molar-refractivity contribution in [2.75, 3.05) is 13.2 Å². The highest BCUT2D eigenvalue weighted by molar-refractivity contribution is 6.04. The highest BCUT2D eigenvalue weighted by Gasteiger charge is 2.25. The van der Waals surface area contributed by atoms with E-state index in [1.807, 2.05) is 70.3 Å². The van der Waals surface area contributed by atoms with Gasteiger partial charge in [-0.2, -0.15) is 0 Å². The highest BCUT2D eigenvalue weighted by atomic mass is 19.1. The number of ether oxygens (including phenoxy) is 3. The molecule has 44 heavy (non-hydrogen) atoms. The quantitative estimate of drug-likeness (QED) is 0.163. The number of rotatable bonds is 9. The van der Waals surface area contributed by atoms with Crippen molar-refractivity contribution in [3.05, 3.63) is 107 Å². The molecular weight excluding hydrogens is 555 g/mol. The van der Waals surface area contributed by atoms with Gasteiger partial charge in [0.1, 0.15) is 17.3 Å². The predicted octanol–water partition coefficient (Wildman–Crippen LogP) is 7.77. The minimum absolute atomic E-state index is 0.0869. The lowest BCUT2D eigenvalue weighted by molar-refractivity contribution is -0.146. The number of halogens is 1. The van der Waals surface area contributed by atoms with Crippen molar-refractivity contribution in [1.82, 2.24) is 9.97 Å². The molecule has 0 fully saturated rings. The van der Waals surface area contributed by atoms with E-state index in [-0.39, 0.29) is 24.3 Å². The van der Waals surface area contributed by atoms with Gasteiger partial charge in [0.05, 0.1) is 31.3 Å². The van der Waals surface area contributed by atoms with E-state index in [0.29, 0.717) is 19.6 Å². The van der Waals surface area contributed by atoms with Gasteiger partial charge in [-0.1, -0.05) is 24.3 Å². The van der Waals surface area contributed by atoms with Gasteiger partial charge in [-0.05, 0) is 98.0 Å². The molecule has 0 unspecified atom stereocenters. The van der Waals surface area contributed by atoms with Crippen LogP contribution in [0, 0.1) is 19.7 Å². The van der Waals surface area contributed by atoms with E-state index in [1.165, 1.54) is 17.7 Å². The summed E-state index contributed by atoms with van der Waals surface area (Å²) >= 11 is 0. The molecule has 6 rings (SSSR count). The molecule has 224 valence electrons. The maximum atomic E-state index is 13.2. The van der Waals surface area contributed by atoms with Crippen LogP contribution >= 0.6 is 0 Å². The van der Waals surface area contributed by atoms with E-state index < -0.39 is 0 Å². The number of aromatic nitrogens is 2. The van der Waals surface area contributed by atoms with Crippen molar-refractivity contribution in [2.24, 2.45) is 0 Å². The zero-order chi connectivity index (χ0) is 30.8. The van der Waals surface area contributed by atoms with Gasteiger partial charge in [0.2, 0.25) is 0 Å². The van der Waals surface area contributed by atoms with Crippen LogP contribution in [-0.4, -0.2) is 35.3 Å². The SMILES string of the molecule is Cc1nc(C)c(-c2ccc(OCCc3ccc(F)cc3)cc2)c(-c2ccc3c4c(ccnc24)CCO3)c1CC(=O)OC(C)C. The topological polar surface area (TPSA) is 70.5 Å². The highest BCUT2D eigenvalue weighted by Crippen LogP contribution is 2.44. The Kier molecular flexibility index (Phi) is 8.29. The van der Waals surface area contributed by atoms with Crippen LogP contribution in [-0.2, 0) is 28.8 Å². The number of benzene rings is 3. The Bertz CT molecular complexity index is 1820. The maximum absolute atomic E-state index is 13.2. The fourth-order valence-electron chi connectivity index (χ4n) is 5.96. The molecule has 5 aromatic rings. The van der Waals surface area contributed by atoms with Crippen LogP contribution in [0.3, 0.4) is 0 Å². The van der Waals surface area contributed by atoms with Crippen molar-refractivity contribution in [3.8, 4) is 33.8 Å². The minimum Gasteiger partial charge on any atom is -0.493 e. The Morgan fingerprint density at radius 1 is 0.955 bits per heavy atom. The molecule has 0 bridgehead atoms. The van der Waals surface area contributed by atoms with Crippen LogP contribution in [0.2, 0.25) is 0 Å². The second-order valence-corrected chi connectivity index (χ2v) is 11.4. The summed E-state index contributed by atoms with van der Waals surface area (Å²) in [4.78, 5) is 22.8. The Hall–Kier alpha value is -4.78. The molecule has 6 nitrogen and oxygen atoms in total. The molecule has 0 saturated carbocycles. The van der Waals surface area contributed by atoms with Crippen LogP contribution in [0.4, 0.5) is 4.39 Å². The van der Waals surface area contributed by atoms with Crippen LogP contribution in [0.15, 0.2) is 72.9 Å². The van der Waals surface area contributed by atoms with Crippen molar-refractivity contribution in [3.63, 3.8) is 0 Å². The fourth-order valence-corrected chi connectivity index (χ4v) is 5.96. The van der Waals surface area contributed by atoms with Gasteiger partial charge in [0.25, 0.3) is 0 Å². The lowest BCUT2D eigenvalue weighted by Crippen LogP contribution is -2.16. The number of carbonyl (C=O) groups is 1. The Labute approximate surface area is 256 Å². The summed E-state index contributed by atoms with van der Waals surface area (Å²) in [5.41, 5.74) is 9.21. The molecule has 1 aliphatic rings. The monoisotopic (exact) mass is 590 g/mol. The largest absolute Gasteiger partial charge is 0.493 e. The van der Waals surface area contributed by atoms with Crippen molar-refractivity contribution >= 4 is 16.9 Å². The van der Waals surface area contributed by atoms with Crippen molar-refractivity contribution < 1.29 is 23.4 Å². The van der Waals surface area contributed by atoms with Crippen LogP contribution in [0.1, 0.15) is 41.9 Å². The lowest BCUT2D eigenvalue weighted by atomic mass is 9.86. The van der Waals surface area contributed by atoms with Gasteiger partial charge < -0.3 is 14.2 Å². The molecule has 2 aromatic heterocycles. The summed E-state index contributed by atoms with van der Waals surface area (Å²) in [7, 11) is 0. The standard InChI is InChI=1S/C37H35FN2O4/c1-22(2)44-33(41)21-31-23(3)40-24(4)34(26-7-11-29(12-8-26)42-19-16-25-5-9-28(38)10-6-25)36(31)30-13-14-32-35-27(17-20-43-32)15-18-39-37(30)35/h5-15,18,22H,16-17,19-21H2,1-4H3. The molecule has 0 aliphatic carbocycles. The summed E-state index contributed by atoms with van der Waals surface area (Å²) < 4.78 is 30.8. The van der Waals surface area contributed by atoms with Crippen molar-refractivity contribution in [2.45, 2.75) is 53.1 Å². The van der Waals surface area contributed by atoms with E-state index in [0.717, 1.165) is 73.6 Å². The molecule has 0 atom stereocenters. The number of hydrogen-bond donors (Lipinski definition) is 0. The number of esters is 1. The first-order valence-corrected chi connectivity index (χ1v) is 15.0. The second kappa shape index (κ2) is 12.4. The third-order valence-electron chi connectivity index (χ3n) is 7.93. The fraction of sp³-hybridized carbons (Fsp3) is 0.270. The van der Waals surface area contributed by atoms with E-state index in [1.54, 1.807) is 12.1 Å². The molecule has 3 heterocycles. The van der Waals surface area contributed by atoms with Gasteiger partial charge in [0, 0.05) is 46.9 Å². The Morgan fingerprint density at radius 2 is 1.73 bits per heavy atom. The third-order valence-corrected chi connectivity index (χ3v) is 7.93. The summed E-state index contributed by atoms with van der Waals surface area (Å²) in [6.07, 6.45) is 3.20. The average molecular weight is 591 g/mol. The van der Waals surface area contributed by atoms with E-state index in [4.69, 9.17) is 24.2 Å². The zero-order valence-corrected chi connectivity index (χ0v) is 25.4. The van der Waals surface area contributed by atoms with Gasteiger partial charge in [-0.3, -0.25) is 14.8 Å². The average Bonchev–Trinajstić information content (AvgIpc) is 3.00. The summed E-state index contributed by atoms with van der Waals surface area (Å²) in [6.45, 7) is 8.75. The van der Waals surface area contributed by atoms with E-state index >= 15 is 0 Å². The maximum Gasteiger partial charge on any atom is 0.310 e. The second-order valence-electron chi connectivity index (χ2n) is 11.4. The smallest absolute Gasteiger partial charge is 0.310 e. The molecular formula is C37H35FN2O4. The number of pyridine rings is 2. The third kappa shape index (κ3) is 6.00. The summed E-state index contributed by atoms with van der Waals surface area (Å²) in [5, 5.41) is 1.01. The van der Waals surface area contributed by atoms with Crippen molar-refractivity contribution in [1.29, 1.82) is 0 Å². The van der Waals surface area contributed by atoms with E-state index in [2.05, 4.69) is 6.07 Å². The predicted molar refractivity (Wildman–Crippen MR) is 170 cm³/mol. The first-order valence-electron chi connectivity index (χ1n) is 15.0. The first-order chi connectivity index (χ1) is 21.3. The number of carbonyl (C=O) groups excluding carboxylic acids is 1. The molecule has 0 N–H and O–H groups in total. The van der Waals surface area contributed by atoms with Crippen LogP contribution < -0.4 is 9.47 Å². The molecule has 1 aliphatic heterocycles. The molecule has 7 heteroatoms. The normalized spacial score (nSPS) is 12.3. The molecule has 3 aromatic carbocycles. The molecule has 0 radical (unpaired) electrons. The number of nitrogens with zero attached hydrogens (tertiary/aromatic N) is 2. The van der Waals surface area contributed by atoms with Gasteiger partial charge in [-0.15, -0.1) is 0 Å². The minimum atomic E-state index is -0.301. The number of aryl methyl sites for hydroxylation is 2. The van der Waals surface area contributed by atoms with E-state index in [9.17, 15) is 9.18 Å². The lowest BCUT2D eigenvalue weighted by Gasteiger charge is -2.23. The van der Waals surface area contributed by atoms with Gasteiger partial charge in [0.15, 0.2) is 0 Å². The Morgan fingerprint density at radius 3 is 2.48 bits per heavy atom. The molecule has 0 amide bonds.